The van der Waals surface area contributed by atoms with Crippen LogP contribution in [0.5, 0.6) is 0 Å². The van der Waals surface area contributed by atoms with Crippen molar-refractivity contribution in [3.05, 3.63) is 33.5 Å². The Morgan fingerprint density at radius 1 is 1.35 bits per heavy atom. The van der Waals surface area contributed by atoms with Crippen molar-refractivity contribution in [3.63, 3.8) is 0 Å². The molecular formula is C16H16N4O2S. The fourth-order valence-electron chi connectivity index (χ4n) is 3.42. The second kappa shape index (κ2) is 5.13. The fraction of sp³-hybridized carbons (Fsp3) is 0.375. The third-order valence-electron chi connectivity index (χ3n) is 4.45. The van der Waals surface area contributed by atoms with Gasteiger partial charge in [-0.1, -0.05) is 0 Å². The molecule has 0 radical (unpaired) electrons. The molecule has 1 aliphatic rings. The highest BCUT2D eigenvalue weighted by Crippen LogP contribution is 2.37. The summed E-state index contributed by atoms with van der Waals surface area (Å²) in [5.74, 6) is -0.555. The Bertz CT molecular complexity index is 1020. The van der Waals surface area contributed by atoms with Crippen molar-refractivity contribution in [1.82, 2.24) is 14.5 Å². The average Bonchev–Trinajstić information content (AvgIpc) is 2.89. The number of carbonyl (C=O) groups excluding carboxylic acids is 1. The lowest BCUT2D eigenvalue weighted by atomic mass is 9.89. The van der Waals surface area contributed by atoms with Crippen LogP contribution in [0.1, 0.15) is 29.7 Å². The van der Waals surface area contributed by atoms with Gasteiger partial charge < -0.3 is 5.73 Å². The van der Waals surface area contributed by atoms with Gasteiger partial charge in [0.05, 0.1) is 11.8 Å². The van der Waals surface area contributed by atoms with Crippen LogP contribution >= 0.6 is 11.3 Å². The average molecular weight is 328 g/mol. The monoisotopic (exact) mass is 328 g/mol. The number of aryl methyl sites for hydroxylation is 2. The fourth-order valence-corrected chi connectivity index (χ4v) is 4.57. The lowest BCUT2D eigenvalue weighted by Crippen LogP contribution is -2.27. The summed E-state index contributed by atoms with van der Waals surface area (Å²) in [4.78, 5) is 33.7. The Morgan fingerprint density at radius 3 is 2.83 bits per heavy atom. The molecule has 0 saturated carbocycles. The van der Waals surface area contributed by atoms with E-state index in [4.69, 9.17) is 10.7 Å². The molecule has 6 nitrogen and oxygen atoms in total. The zero-order chi connectivity index (χ0) is 16.1. The summed E-state index contributed by atoms with van der Waals surface area (Å²) in [6.45, 7) is 1.88. The molecule has 0 fully saturated rings. The Kier molecular flexibility index (Phi) is 3.19. The number of aromatic nitrogens is 3. The molecule has 4 rings (SSSR count). The molecule has 7 heteroatoms. The quantitative estimate of drug-likeness (QED) is 0.775. The summed E-state index contributed by atoms with van der Waals surface area (Å²) in [5.41, 5.74) is 9.33. The van der Waals surface area contributed by atoms with E-state index in [1.54, 1.807) is 0 Å². The molecule has 0 aromatic carbocycles. The SMILES string of the molecule is Cc1nc2sc3c(=O)n(CC(N)=O)cnc3c2c2c1CCCC2. The Morgan fingerprint density at radius 2 is 2.09 bits per heavy atom. The van der Waals surface area contributed by atoms with Crippen molar-refractivity contribution in [2.24, 2.45) is 5.73 Å². The van der Waals surface area contributed by atoms with Crippen molar-refractivity contribution in [3.8, 4) is 0 Å². The van der Waals surface area contributed by atoms with Crippen molar-refractivity contribution in [2.45, 2.75) is 39.2 Å². The molecule has 3 aromatic heterocycles. The van der Waals surface area contributed by atoms with E-state index < -0.39 is 5.91 Å². The number of thiophene rings is 1. The van der Waals surface area contributed by atoms with E-state index in [1.165, 1.54) is 39.8 Å². The van der Waals surface area contributed by atoms with Crippen LogP contribution in [0.15, 0.2) is 11.1 Å². The lowest BCUT2D eigenvalue weighted by Gasteiger charge is -2.18. The number of primary amides is 1. The standard InChI is InChI=1S/C16H16N4O2S/c1-8-9-4-2-3-5-10(9)12-13-14(23-15(12)19-8)16(22)20(7-18-13)6-11(17)21/h7H,2-6H2,1H3,(H2,17,21). The van der Waals surface area contributed by atoms with Gasteiger partial charge in [0.25, 0.3) is 5.56 Å². The van der Waals surface area contributed by atoms with Gasteiger partial charge in [0.2, 0.25) is 5.91 Å². The molecule has 0 saturated heterocycles. The summed E-state index contributed by atoms with van der Waals surface area (Å²) in [5, 5.41) is 1.02. The van der Waals surface area contributed by atoms with Crippen LogP contribution < -0.4 is 11.3 Å². The molecular weight excluding hydrogens is 312 g/mol. The first kappa shape index (κ1) is 14.3. The van der Waals surface area contributed by atoms with E-state index in [0.29, 0.717) is 10.2 Å². The molecule has 0 atom stereocenters. The maximum Gasteiger partial charge on any atom is 0.271 e. The first-order valence-electron chi connectivity index (χ1n) is 7.64. The Hall–Kier alpha value is -2.28. The molecule has 0 unspecified atom stereocenters. The summed E-state index contributed by atoms with van der Waals surface area (Å²) in [6, 6.07) is 0. The number of hydrogen-bond acceptors (Lipinski definition) is 5. The van der Waals surface area contributed by atoms with Crippen LogP contribution in [0.2, 0.25) is 0 Å². The highest BCUT2D eigenvalue weighted by atomic mass is 32.1. The third kappa shape index (κ3) is 2.15. The summed E-state index contributed by atoms with van der Waals surface area (Å²) >= 11 is 1.36. The largest absolute Gasteiger partial charge is 0.368 e. The Balaban J connectivity index is 2.07. The minimum absolute atomic E-state index is 0.152. The van der Waals surface area contributed by atoms with E-state index >= 15 is 0 Å². The van der Waals surface area contributed by atoms with E-state index in [9.17, 15) is 9.59 Å². The van der Waals surface area contributed by atoms with Crippen molar-refractivity contribution in [2.75, 3.05) is 0 Å². The van der Waals surface area contributed by atoms with Crippen molar-refractivity contribution in [1.29, 1.82) is 0 Å². The van der Waals surface area contributed by atoms with E-state index in [0.717, 1.165) is 35.2 Å². The highest BCUT2D eigenvalue weighted by Gasteiger charge is 2.22. The number of nitrogens with two attached hydrogens (primary N) is 1. The van der Waals surface area contributed by atoms with Gasteiger partial charge in [-0.3, -0.25) is 14.2 Å². The molecule has 2 N–H and O–H groups in total. The third-order valence-corrected chi connectivity index (χ3v) is 5.51. The predicted molar refractivity (Wildman–Crippen MR) is 89.8 cm³/mol. The van der Waals surface area contributed by atoms with Crippen LogP contribution in [-0.4, -0.2) is 20.4 Å². The van der Waals surface area contributed by atoms with Gasteiger partial charge in [-0.05, 0) is 43.7 Å². The second-order valence-electron chi connectivity index (χ2n) is 5.97. The van der Waals surface area contributed by atoms with Gasteiger partial charge in [0.1, 0.15) is 16.1 Å². The summed E-state index contributed by atoms with van der Waals surface area (Å²) < 4.78 is 1.81. The first-order chi connectivity index (χ1) is 11.1. The maximum absolute atomic E-state index is 12.6. The van der Waals surface area contributed by atoms with Crippen LogP contribution in [0.4, 0.5) is 0 Å². The zero-order valence-electron chi connectivity index (χ0n) is 12.8. The van der Waals surface area contributed by atoms with Crippen LogP contribution in [0.25, 0.3) is 20.4 Å². The van der Waals surface area contributed by atoms with Gasteiger partial charge in [0.15, 0.2) is 0 Å². The second-order valence-corrected chi connectivity index (χ2v) is 6.96. The number of hydrogen-bond donors (Lipinski definition) is 1. The van der Waals surface area contributed by atoms with Gasteiger partial charge in [-0.25, -0.2) is 9.97 Å². The number of amides is 1. The number of nitrogens with zero attached hydrogens (tertiary/aromatic N) is 3. The predicted octanol–water partition coefficient (Wildman–Crippen LogP) is 1.68. The van der Waals surface area contributed by atoms with Gasteiger partial charge in [-0.2, -0.15) is 0 Å². The normalized spacial score (nSPS) is 14.3. The van der Waals surface area contributed by atoms with E-state index in [-0.39, 0.29) is 12.1 Å². The first-order valence-corrected chi connectivity index (χ1v) is 8.46. The summed E-state index contributed by atoms with van der Waals surface area (Å²) in [7, 11) is 0. The van der Waals surface area contributed by atoms with Crippen molar-refractivity contribution >= 4 is 37.7 Å². The molecule has 0 bridgehead atoms. The number of carbonyl (C=O) groups is 1. The molecule has 23 heavy (non-hydrogen) atoms. The Labute approximate surface area is 136 Å². The molecule has 1 amide bonds. The van der Waals surface area contributed by atoms with E-state index in [1.807, 2.05) is 6.92 Å². The van der Waals surface area contributed by atoms with Gasteiger partial charge in [-0.15, -0.1) is 11.3 Å². The highest BCUT2D eigenvalue weighted by molar-refractivity contribution is 7.25. The zero-order valence-corrected chi connectivity index (χ0v) is 13.6. The van der Waals surface area contributed by atoms with E-state index in [2.05, 4.69) is 4.98 Å². The maximum atomic E-state index is 12.6. The lowest BCUT2D eigenvalue weighted by molar-refractivity contribution is -0.118. The minimum atomic E-state index is -0.555. The van der Waals surface area contributed by atoms with Crippen molar-refractivity contribution < 1.29 is 4.79 Å². The van der Waals surface area contributed by atoms with Crippen LogP contribution in [-0.2, 0) is 24.2 Å². The molecule has 3 heterocycles. The van der Waals surface area contributed by atoms with Crippen LogP contribution in [0.3, 0.4) is 0 Å². The molecule has 0 spiro atoms. The number of pyridine rings is 1. The molecule has 118 valence electrons. The molecule has 3 aromatic rings. The number of fused-ring (bicyclic) bond motifs is 5. The van der Waals surface area contributed by atoms with Crippen LogP contribution in [0, 0.1) is 6.92 Å². The van der Waals surface area contributed by atoms with Gasteiger partial charge >= 0.3 is 0 Å². The molecule has 0 aliphatic heterocycles. The smallest absolute Gasteiger partial charge is 0.271 e. The number of rotatable bonds is 2. The topological polar surface area (TPSA) is 90.9 Å². The summed E-state index contributed by atoms with van der Waals surface area (Å²) in [6.07, 6.45) is 5.80. The molecule has 1 aliphatic carbocycles. The minimum Gasteiger partial charge on any atom is -0.368 e. The van der Waals surface area contributed by atoms with Gasteiger partial charge in [0, 0.05) is 11.1 Å².